The Morgan fingerprint density at radius 2 is 1.69 bits per heavy atom. The number of benzene rings is 1. The van der Waals surface area contributed by atoms with Crippen LogP contribution in [-0.2, 0) is 11.2 Å². The van der Waals surface area contributed by atoms with Gasteiger partial charge in [-0.1, -0.05) is 16.8 Å². The summed E-state index contributed by atoms with van der Waals surface area (Å²) < 4.78 is 5.14. The fraction of sp³-hybridized carbons (Fsp3) is 0.421. The zero-order chi connectivity index (χ0) is 18.7. The molecule has 1 aromatic carbocycles. The number of piperazine rings is 1. The third-order valence-corrected chi connectivity index (χ3v) is 5.03. The van der Waals surface area contributed by atoms with Crippen LogP contribution in [0.5, 0.6) is 0 Å². The number of amides is 2. The lowest BCUT2D eigenvalue weighted by Crippen LogP contribution is -2.50. The first-order valence-corrected chi connectivity index (χ1v) is 9.08. The molecule has 0 unspecified atom stereocenters. The van der Waals surface area contributed by atoms with Crippen molar-refractivity contribution in [2.24, 2.45) is 0 Å². The normalized spacial score (nSPS) is 14.6. The molecule has 2 heterocycles. The number of aryl methyl sites for hydroxylation is 2. The van der Waals surface area contributed by atoms with Crippen molar-refractivity contribution in [1.82, 2.24) is 15.0 Å². The van der Waals surface area contributed by atoms with Crippen LogP contribution in [-0.4, -0.2) is 52.9 Å². The number of carbonyl (C=O) groups is 2. The molecule has 0 saturated carbocycles. The van der Waals surface area contributed by atoms with Gasteiger partial charge in [-0.25, -0.2) is 0 Å². The van der Waals surface area contributed by atoms with Gasteiger partial charge < -0.3 is 14.3 Å². The second kappa shape index (κ2) is 7.91. The zero-order valence-electron chi connectivity index (χ0n) is 15.0. The molecule has 26 heavy (non-hydrogen) atoms. The van der Waals surface area contributed by atoms with Crippen LogP contribution in [0.3, 0.4) is 0 Å². The number of aromatic nitrogens is 1. The van der Waals surface area contributed by atoms with Crippen LogP contribution in [0.2, 0.25) is 5.02 Å². The fourth-order valence-electron chi connectivity index (χ4n) is 3.18. The van der Waals surface area contributed by atoms with Crippen molar-refractivity contribution in [2.75, 3.05) is 26.2 Å². The summed E-state index contributed by atoms with van der Waals surface area (Å²) >= 11 is 5.86. The molecule has 1 fully saturated rings. The maximum absolute atomic E-state index is 12.5. The number of rotatable bonds is 4. The van der Waals surface area contributed by atoms with E-state index in [1.807, 2.05) is 18.7 Å². The first-order valence-electron chi connectivity index (χ1n) is 8.70. The Morgan fingerprint density at radius 3 is 2.27 bits per heavy atom. The summed E-state index contributed by atoms with van der Waals surface area (Å²) in [6.45, 7) is 5.94. The smallest absolute Gasteiger partial charge is 0.253 e. The molecule has 1 aliphatic rings. The lowest BCUT2D eigenvalue weighted by atomic mass is 10.1. The van der Waals surface area contributed by atoms with Crippen LogP contribution < -0.4 is 0 Å². The monoisotopic (exact) mass is 375 g/mol. The molecular formula is C19H22ClN3O3. The Labute approximate surface area is 157 Å². The van der Waals surface area contributed by atoms with E-state index in [2.05, 4.69) is 5.16 Å². The van der Waals surface area contributed by atoms with Crippen LogP contribution in [0.25, 0.3) is 0 Å². The summed E-state index contributed by atoms with van der Waals surface area (Å²) in [7, 11) is 0. The van der Waals surface area contributed by atoms with E-state index in [-0.39, 0.29) is 11.8 Å². The van der Waals surface area contributed by atoms with Gasteiger partial charge in [0, 0.05) is 48.7 Å². The number of hydrogen-bond acceptors (Lipinski definition) is 4. The van der Waals surface area contributed by atoms with E-state index in [1.165, 1.54) is 0 Å². The van der Waals surface area contributed by atoms with E-state index in [9.17, 15) is 9.59 Å². The third kappa shape index (κ3) is 4.07. The summed E-state index contributed by atoms with van der Waals surface area (Å²) in [5.74, 6) is 0.849. The van der Waals surface area contributed by atoms with Crippen LogP contribution in [0.15, 0.2) is 28.8 Å². The minimum absolute atomic E-state index is 0.0236. The van der Waals surface area contributed by atoms with E-state index in [4.69, 9.17) is 16.1 Å². The maximum Gasteiger partial charge on any atom is 0.253 e. The molecule has 0 bridgehead atoms. The lowest BCUT2D eigenvalue weighted by molar-refractivity contribution is -0.132. The SMILES string of the molecule is Cc1noc(C)c1CCC(=O)N1CCN(C(=O)c2ccc(Cl)cc2)CC1. The van der Waals surface area contributed by atoms with Gasteiger partial charge in [0.2, 0.25) is 5.91 Å². The Hall–Kier alpha value is -2.34. The molecule has 0 N–H and O–H groups in total. The van der Waals surface area contributed by atoms with Crippen molar-refractivity contribution in [3.05, 3.63) is 51.9 Å². The molecule has 0 radical (unpaired) electrons. The average molecular weight is 376 g/mol. The molecule has 6 nitrogen and oxygen atoms in total. The van der Waals surface area contributed by atoms with Gasteiger partial charge in [0.05, 0.1) is 5.69 Å². The highest BCUT2D eigenvalue weighted by molar-refractivity contribution is 6.30. The Kier molecular flexibility index (Phi) is 5.61. The first-order chi connectivity index (χ1) is 12.5. The second-order valence-electron chi connectivity index (χ2n) is 6.48. The number of nitrogens with zero attached hydrogens (tertiary/aromatic N) is 3. The van der Waals surface area contributed by atoms with Crippen LogP contribution in [0.1, 0.15) is 33.8 Å². The minimum Gasteiger partial charge on any atom is -0.361 e. The van der Waals surface area contributed by atoms with Gasteiger partial charge in [0.25, 0.3) is 5.91 Å². The Morgan fingerprint density at radius 1 is 1.08 bits per heavy atom. The standard InChI is InChI=1S/C19H22ClN3O3/c1-13-17(14(2)26-21-13)7-8-18(24)22-9-11-23(12-10-22)19(25)15-3-5-16(20)6-4-15/h3-6H,7-12H2,1-2H3. The quantitative estimate of drug-likeness (QED) is 0.824. The Bertz CT molecular complexity index is 773. The molecule has 1 aliphatic heterocycles. The Balaban J connectivity index is 1.50. The molecule has 3 rings (SSSR count). The van der Waals surface area contributed by atoms with E-state index in [0.717, 1.165) is 17.0 Å². The zero-order valence-corrected chi connectivity index (χ0v) is 15.8. The summed E-state index contributed by atoms with van der Waals surface area (Å²) in [6, 6.07) is 6.88. The van der Waals surface area contributed by atoms with Gasteiger partial charge in [0.15, 0.2) is 0 Å². The second-order valence-corrected chi connectivity index (χ2v) is 6.92. The number of carbonyl (C=O) groups excluding carboxylic acids is 2. The highest BCUT2D eigenvalue weighted by atomic mass is 35.5. The molecule has 0 aliphatic carbocycles. The molecule has 0 atom stereocenters. The summed E-state index contributed by atoms with van der Waals surface area (Å²) in [5, 5.41) is 4.52. The highest BCUT2D eigenvalue weighted by Crippen LogP contribution is 2.16. The van der Waals surface area contributed by atoms with Gasteiger partial charge >= 0.3 is 0 Å². The maximum atomic E-state index is 12.5. The van der Waals surface area contributed by atoms with E-state index in [1.54, 1.807) is 29.2 Å². The van der Waals surface area contributed by atoms with Crippen molar-refractivity contribution < 1.29 is 14.1 Å². The van der Waals surface area contributed by atoms with Gasteiger partial charge in [-0.05, 0) is 44.5 Å². The van der Waals surface area contributed by atoms with Gasteiger partial charge in [-0.3, -0.25) is 9.59 Å². The van der Waals surface area contributed by atoms with E-state index in [0.29, 0.717) is 49.6 Å². The summed E-state index contributed by atoms with van der Waals surface area (Å²) in [4.78, 5) is 28.6. The van der Waals surface area contributed by atoms with Crippen LogP contribution in [0, 0.1) is 13.8 Å². The van der Waals surface area contributed by atoms with Gasteiger partial charge in [0.1, 0.15) is 5.76 Å². The summed E-state index contributed by atoms with van der Waals surface area (Å²) in [5.41, 5.74) is 2.47. The molecule has 0 spiro atoms. The summed E-state index contributed by atoms with van der Waals surface area (Å²) in [6.07, 6.45) is 1.05. The highest BCUT2D eigenvalue weighted by Gasteiger charge is 2.25. The fourth-order valence-corrected chi connectivity index (χ4v) is 3.31. The molecule has 7 heteroatoms. The van der Waals surface area contributed by atoms with Crippen molar-refractivity contribution >= 4 is 23.4 Å². The van der Waals surface area contributed by atoms with Crippen molar-refractivity contribution in [3.8, 4) is 0 Å². The van der Waals surface area contributed by atoms with Gasteiger partial charge in [-0.15, -0.1) is 0 Å². The molecule has 2 amide bonds. The van der Waals surface area contributed by atoms with E-state index >= 15 is 0 Å². The predicted molar refractivity (Wildman–Crippen MR) is 98.2 cm³/mol. The minimum atomic E-state index is -0.0236. The largest absolute Gasteiger partial charge is 0.361 e. The van der Waals surface area contributed by atoms with Crippen molar-refractivity contribution in [1.29, 1.82) is 0 Å². The van der Waals surface area contributed by atoms with Crippen molar-refractivity contribution in [2.45, 2.75) is 26.7 Å². The first kappa shape index (κ1) is 18.5. The van der Waals surface area contributed by atoms with Gasteiger partial charge in [-0.2, -0.15) is 0 Å². The predicted octanol–water partition coefficient (Wildman–Crippen LogP) is 2.86. The van der Waals surface area contributed by atoms with Crippen LogP contribution in [0.4, 0.5) is 0 Å². The molecule has 138 valence electrons. The third-order valence-electron chi connectivity index (χ3n) is 4.78. The molecular weight excluding hydrogens is 354 g/mol. The molecule has 1 aromatic heterocycles. The van der Waals surface area contributed by atoms with Crippen LogP contribution >= 0.6 is 11.6 Å². The molecule has 1 saturated heterocycles. The average Bonchev–Trinajstić information content (AvgIpc) is 2.98. The van der Waals surface area contributed by atoms with Crippen molar-refractivity contribution in [3.63, 3.8) is 0 Å². The molecule has 2 aromatic rings. The number of halogens is 1. The number of hydrogen-bond donors (Lipinski definition) is 0. The topological polar surface area (TPSA) is 66.7 Å². The lowest BCUT2D eigenvalue weighted by Gasteiger charge is -2.35. The van der Waals surface area contributed by atoms with E-state index < -0.39 is 0 Å².